The topological polar surface area (TPSA) is 21.3 Å². The van der Waals surface area contributed by atoms with Crippen molar-refractivity contribution in [2.24, 2.45) is 5.92 Å². The largest absolute Gasteiger partial charge is 0.490 e. The fourth-order valence-corrected chi connectivity index (χ4v) is 3.38. The normalized spacial score (nSPS) is 19.6. The first-order valence-electron chi connectivity index (χ1n) is 7.74. The Kier molecular flexibility index (Phi) is 4.26. The number of hydrogen-bond acceptors (Lipinski definition) is 2. The minimum Gasteiger partial charge on any atom is -0.490 e. The lowest BCUT2D eigenvalue weighted by Crippen LogP contribution is -2.28. The predicted molar refractivity (Wildman–Crippen MR) is 86.6 cm³/mol. The van der Waals surface area contributed by atoms with Crippen molar-refractivity contribution in [1.82, 2.24) is 5.32 Å². The summed E-state index contributed by atoms with van der Waals surface area (Å²) >= 11 is 0. The Morgan fingerprint density at radius 1 is 1.10 bits per heavy atom. The Bertz CT molecular complexity index is 556. The zero-order valence-corrected chi connectivity index (χ0v) is 12.8. The zero-order chi connectivity index (χ0) is 14.7. The molecule has 3 atom stereocenters. The average Bonchev–Trinajstić information content (AvgIpc) is 2.91. The Morgan fingerprint density at radius 3 is 2.52 bits per heavy atom. The van der Waals surface area contributed by atoms with Gasteiger partial charge in [0.2, 0.25) is 0 Å². The number of fused-ring (bicyclic) bond motifs is 1. The lowest BCUT2D eigenvalue weighted by atomic mass is 9.89. The first-order chi connectivity index (χ1) is 10.3. The molecule has 0 aliphatic carbocycles. The molecule has 1 N–H and O–H groups in total. The number of rotatable bonds is 5. The molecule has 0 saturated carbocycles. The van der Waals surface area contributed by atoms with Crippen molar-refractivity contribution >= 4 is 0 Å². The van der Waals surface area contributed by atoms with Crippen LogP contribution in [0.15, 0.2) is 54.6 Å². The summed E-state index contributed by atoms with van der Waals surface area (Å²) in [5.74, 6) is 1.59. The van der Waals surface area contributed by atoms with Crippen LogP contribution in [0.25, 0.3) is 0 Å². The van der Waals surface area contributed by atoms with Crippen LogP contribution in [0.2, 0.25) is 0 Å². The summed E-state index contributed by atoms with van der Waals surface area (Å²) < 4.78 is 6.08. The number of ether oxygens (including phenoxy) is 1. The van der Waals surface area contributed by atoms with E-state index in [0.29, 0.717) is 18.1 Å². The van der Waals surface area contributed by atoms with E-state index in [-0.39, 0.29) is 0 Å². The van der Waals surface area contributed by atoms with Crippen LogP contribution < -0.4 is 10.1 Å². The maximum Gasteiger partial charge on any atom is 0.123 e. The third kappa shape index (κ3) is 3.11. The lowest BCUT2D eigenvalue weighted by molar-refractivity contribution is 0.184. The highest BCUT2D eigenvalue weighted by molar-refractivity contribution is 5.37. The first kappa shape index (κ1) is 14.2. The summed E-state index contributed by atoms with van der Waals surface area (Å²) in [5, 5.41) is 3.46. The van der Waals surface area contributed by atoms with Gasteiger partial charge in [-0.2, -0.15) is 0 Å². The van der Waals surface area contributed by atoms with Gasteiger partial charge < -0.3 is 10.1 Å². The third-order valence-electron chi connectivity index (χ3n) is 4.39. The summed E-state index contributed by atoms with van der Waals surface area (Å²) in [6.07, 6.45) is 2.40. The molecule has 0 aromatic heterocycles. The summed E-state index contributed by atoms with van der Waals surface area (Å²) in [6, 6.07) is 19.4. The van der Waals surface area contributed by atoms with Crippen LogP contribution in [0.1, 0.15) is 30.5 Å². The number of para-hydroxylation sites is 1. The molecule has 1 heterocycles. The molecule has 0 saturated heterocycles. The Morgan fingerprint density at radius 2 is 1.81 bits per heavy atom. The summed E-state index contributed by atoms with van der Waals surface area (Å²) in [7, 11) is 2.04. The molecule has 2 nitrogen and oxygen atoms in total. The molecular weight excluding hydrogens is 258 g/mol. The number of benzene rings is 2. The maximum absolute atomic E-state index is 6.08. The molecule has 21 heavy (non-hydrogen) atoms. The van der Waals surface area contributed by atoms with Crippen LogP contribution in [-0.2, 0) is 6.42 Å². The maximum atomic E-state index is 6.08. The smallest absolute Gasteiger partial charge is 0.123 e. The third-order valence-corrected chi connectivity index (χ3v) is 4.39. The van der Waals surface area contributed by atoms with Crippen LogP contribution in [-0.4, -0.2) is 13.2 Å². The molecule has 0 fully saturated rings. The minimum absolute atomic E-state index is 0.303. The standard InChI is InChI=1S/C19H23NO/c1-14(19(20-2)15-8-4-3-5-9-15)12-17-13-16-10-6-7-11-18(16)21-17/h3-11,14,17,19-20H,12-13H2,1-2H3. The summed E-state index contributed by atoms with van der Waals surface area (Å²) in [6.45, 7) is 2.31. The van der Waals surface area contributed by atoms with Crippen molar-refractivity contribution in [2.45, 2.75) is 31.9 Å². The van der Waals surface area contributed by atoms with Gasteiger partial charge in [-0.15, -0.1) is 0 Å². The molecule has 2 heteroatoms. The van der Waals surface area contributed by atoms with Crippen molar-refractivity contribution < 1.29 is 4.74 Å². The second kappa shape index (κ2) is 6.31. The van der Waals surface area contributed by atoms with Gasteiger partial charge in [0.15, 0.2) is 0 Å². The molecule has 0 radical (unpaired) electrons. The van der Waals surface area contributed by atoms with Crippen LogP contribution in [0, 0.1) is 5.92 Å². The SMILES string of the molecule is CNC(c1ccccc1)C(C)CC1Cc2ccccc2O1. The molecule has 0 bridgehead atoms. The van der Waals surface area contributed by atoms with Crippen LogP contribution >= 0.6 is 0 Å². The Hall–Kier alpha value is -1.80. The molecule has 1 aliphatic heterocycles. The molecule has 3 unspecified atom stereocenters. The Balaban J connectivity index is 1.65. The van der Waals surface area contributed by atoms with Gasteiger partial charge in [-0.1, -0.05) is 55.5 Å². The van der Waals surface area contributed by atoms with E-state index in [1.165, 1.54) is 11.1 Å². The van der Waals surface area contributed by atoms with E-state index in [2.05, 4.69) is 60.8 Å². The van der Waals surface area contributed by atoms with Gasteiger partial charge in [-0.25, -0.2) is 0 Å². The molecule has 0 amide bonds. The second-order valence-corrected chi connectivity index (χ2v) is 5.94. The van der Waals surface area contributed by atoms with Crippen molar-refractivity contribution in [3.8, 4) is 5.75 Å². The quantitative estimate of drug-likeness (QED) is 0.895. The van der Waals surface area contributed by atoms with Gasteiger partial charge in [0.1, 0.15) is 11.9 Å². The van der Waals surface area contributed by atoms with Crippen molar-refractivity contribution in [2.75, 3.05) is 7.05 Å². The van der Waals surface area contributed by atoms with Gasteiger partial charge in [0.05, 0.1) is 0 Å². The molecule has 2 aromatic carbocycles. The lowest BCUT2D eigenvalue weighted by Gasteiger charge is -2.26. The van der Waals surface area contributed by atoms with Crippen molar-refractivity contribution in [3.63, 3.8) is 0 Å². The molecule has 0 spiro atoms. The van der Waals surface area contributed by atoms with Crippen molar-refractivity contribution in [3.05, 3.63) is 65.7 Å². The van der Waals surface area contributed by atoms with E-state index in [4.69, 9.17) is 4.74 Å². The highest BCUT2D eigenvalue weighted by Crippen LogP contribution is 2.33. The predicted octanol–water partition coefficient (Wildman–Crippen LogP) is 3.98. The molecule has 3 rings (SSSR count). The van der Waals surface area contributed by atoms with Gasteiger partial charge in [0, 0.05) is 12.5 Å². The van der Waals surface area contributed by atoms with E-state index in [9.17, 15) is 0 Å². The molecule has 2 aromatic rings. The van der Waals surface area contributed by atoms with Crippen LogP contribution in [0.5, 0.6) is 5.75 Å². The van der Waals surface area contributed by atoms with Gasteiger partial charge in [-0.3, -0.25) is 0 Å². The fraction of sp³-hybridized carbons (Fsp3) is 0.368. The van der Waals surface area contributed by atoms with Crippen LogP contribution in [0.3, 0.4) is 0 Å². The fourth-order valence-electron chi connectivity index (χ4n) is 3.38. The first-order valence-corrected chi connectivity index (χ1v) is 7.74. The van der Waals surface area contributed by atoms with Gasteiger partial charge >= 0.3 is 0 Å². The van der Waals surface area contributed by atoms with Crippen molar-refractivity contribution in [1.29, 1.82) is 0 Å². The van der Waals surface area contributed by atoms with E-state index >= 15 is 0 Å². The van der Waals surface area contributed by atoms with E-state index in [1.807, 2.05) is 13.1 Å². The number of nitrogens with one attached hydrogen (secondary N) is 1. The summed E-state index contributed by atoms with van der Waals surface area (Å²) in [4.78, 5) is 0. The molecule has 110 valence electrons. The molecular formula is C19H23NO. The average molecular weight is 281 g/mol. The van der Waals surface area contributed by atoms with E-state index < -0.39 is 0 Å². The number of hydrogen-bond donors (Lipinski definition) is 1. The highest BCUT2D eigenvalue weighted by Gasteiger charge is 2.27. The van der Waals surface area contributed by atoms with E-state index in [0.717, 1.165) is 18.6 Å². The highest BCUT2D eigenvalue weighted by atomic mass is 16.5. The summed E-state index contributed by atoms with van der Waals surface area (Å²) in [5.41, 5.74) is 2.69. The van der Waals surface area contributed by atoms with E-state index in [1.54, 1.807) is 0 Å². The van der Waals surface area contributed by atoms with Gasteiger partial charge in [-0.05, 0) is 36.6 Å². The molecule has 1 aliphatic rings. The van der Waals surface area contributed by atoms with Gasteiger partial charge in [0.25, 0.3) is 0 Å². The zero-order valence-electron chi connectivity index (χ0n) is 12.8. The van der Waals surface area contributed by atoms with Crippen LogP contribution in [0.4, 0.5) is 0 Å². The monoisotopic (exact) mass is 281 g/mol. The Labute approximate surface area is 127 Å². The minimum atomic E-state index is 0.303. The second-order valence-electron chi connectivity index (χ2n) is 5.94.